The van der Waals surface area contributed by atoms with Gasteiger partial charge in [-0.2, -0.15) is 4.98 Å². The Bertz CT molecular complexity index is 437. The molecule has 2 aliphatic rings. The van der Waals surface area contributed by atoms with E-state index in [-0.39, 0.29) is 0 Å². The normalized spacial score (nSPS) is 23.6. The van der Waals surface area contributed by atoms with Gasteiger partial charge in [-0.1, -0.05) is 26.7 Å². The minimum Gasteiger partial charge on any atom is -0.432 e. The molecule has 1 saturated heterocycles. The van der Waals surface area contributed by atoms with E-state index >= 15 is 0 Å². The average Bonchev–Trinajstić information content (AvgIpc) is 3.19. The summed E-state index contributed by atoms with van der Waals surface area (Å²) in [4.78, 5) is 7.14. The molecule has 2 heterocycles. The van der Waals surface area contributed by atoms with Gasteiger partial charge in [0.1, 0.15) is 6.26 Å². The van der Waals surface area contributed by atoms with Crippen LogP contribution in [0.3, 0.4) is 0 Å². The van der Waals surface area contributed by atoms with Crippen molar-refractivity contribution in [3.63, 3.8) is 0 Å². The van der Waals surface area contributed by atoms with Crippen molar-refractivity contribution in [1.82, 2.24) is 10.3 Å². The van der Waals surface area contributed by atoms with Crippen molar-refractivity contribution >= 4 is 6.01 Å². The Morgan fingerprint density at radius 1 is 1.29 bits per heavy atom. The summed E-state index contributed by atoms with van der Waals surface area (Å²) in [5, 5.41) is 3.43. The van der Waals surface area contributed by atoms with Crippen LogP contribution >= 0.6 is 0 Å². The maximum Gasteiger partial charge on any atom is 0.297 e. The largest absolute Gasteiger partial charge is 0.432 e. The van der Waals surface area contributed by atoms with Crippen molar-refractivity contribution in [2.45, 2.75) is 65.0 Å². The number of hydrogen-bond donors (Lipinski definition) is 1. The van der Waals surface area contributed by atoms with E-state index in [1.54, 1.807) is 0 Å². The summed E-state index contributed by atoms with van der Waals surface area (Å²) in [7, 11) is 0. The van der Waals surface area contributed by atoms with E-state index in [1.807, 2.05) is 6.26 Å². The summed E-state index contributed by atoms with van der Waals surface area (Å²) in [6.45, 7) is 7.38. The molecule has 1 N–H and O–H groups in total. The van der Waals surface area contributed by atoms with Crippen LogP contribution in [0, 0.1) is 11.8 Å². The van der Waals surface area contributed by atoms with E-state index in [9.17, 15) is 0 Å². The lowest BCUT2D eigenvalue weighted by molar-refractivity contribution is 0.409. The number of oxazole rings is 1. The molecule has 0 bridgehead atoms. The molecule has 0 spiro atoms. The van der Waals surface area contributed by atoms with Crippen LogP contribution in [-0.4, -0.2) is 24.1 Å². The van der Waals surface area contributed by atoms with Crippen LogP contribution in [0.25, 0.3) is 0 Å². The molecule has 1 aromatic heterocycles. The van der Waals surface area contributed by atoms with E-state index in [2.05, 4.69) is 24.1 Å². The molecule has 4 heteroatoms. The van der Waals surface area contributed by atoms with Crippen molar-refractivity contribution in [3.05, 3.63) is 12.0 Å². The summed E-state index contributed by atoms with van der Waals surface area (Å²) in [6.07, 6.45) is 10.0. The van der Waals surface area contributed by atoms with Gasteiger partial charge in [-0.3, -0.25) is 0 Å². The van der Waals surface area contributed by atoms with Gasteiger partial charge in [-0.15, -0.1) is 0 Å². The van der Waals surface area contributed by atoms with E-state index in [1.165, 1.54) is 38.5 Å². The molecule has 1 unspecified atom stereocenters. The Hall–Kier alpha value is -1.03. The van der Waals surface area contributed by atoms with Crippen LogP contribution < -0.4 is 10.2 Å². The van der Waals surface area contributed by atoms with Crippen LogP contribution in [0.15, 0.2) is 10.7 Å². The van der Waals surface area contributed by atoms with Crippen LogP contribution in [0.2, 0.25) is 0 Å². The number of anilines is 1. The zero-order chi connectivity index (χ0) is 14.7. The molecule has 3 rings (SSSR count). The first kappa shape index (κ1) is 14.9. The summed E-state index contributed by atoms with van der Waals surface area (Å²) in [6, 6.07) is 1.52. The lowest BCUT2D eigenvalue weighted by Gasteiger charge is -2.27. The van der Waals surface area contributed by atoms with Crippen molar-refractivity contribution in [2.75, 3.05) is 18.0 Å². The summed E-state index contributed by atoms with van der Waals surface area (Å²) < 4.78 is 5.77. The van der Waals surface area contributed by atoms with Gasteiger partial charge in [0, 0.05) is 19.1 Å². The Morgan fingerprint density at radius 3 is 2.86 bits per heavy atom. The molecule has 1 atom stereocenters. The van der Waals surface area contributed by atoms with Gasteiger partial charge in [0.05, 0.1) is 5.69 Å². The molecule has 1 aliphatic heterocycles. The second-order valence-electron chi connectivity index (χ2n) is 7.09. The highest BCUT2D eigenvalue weighted by molar-refractivity contribution is 5.31. The van der Waals surface area contributed by atoms with Crippen LogP contribution in [0.1, 0.15) is 58.1 Å². The number of rotatable bonds is 6. The van der Waals surface area contributed by atoms with E-state index < -0.39 is 0 Å². The van der Waals surface area contributed by atoms with Crippen molar-refractivity contribution in [2.24, 2.45) is 11.8 Å². The maximum atomic E-state index is 5.77. The van der Waals surface area contributed by atoms with Crippen LogP contribution in [0.4, 0.5) is 6.01 Å². The molecule has 1 aliphatic carbocycles. The fourth-order valence-corrected chi connectivity index (χ4v) is 3.86. The van der Waals surface area contributed by atoms with E-state index in [0.717, 1.165) is 37.3 Å². The summed E-state index contributed by atoms with van der Waals surface area (Å²) in [5.41, 5.74) is 1.03. The molecular weight excluding hydrogens is 262 g/mol. The molecule has 4 nitrogen and oxygen atoms in total. The molecule has 0 radical (unpaired) electrons. The molecule has 0 aromatic carbocycles. The number of aromatic nitrogens is 1. The second-order valence-corrected chi connectivity index (χ2v) is 7.09. The zero-order valence-electron chi connectivity index (χ0n) is 13.5. The highest BCUT2D eigenvalue weighted by Crippen LogP contribution is 2.37. The first-order valence-corrected chi connectivity index (χ1v) is 8.66. The van der Waals surface area contributed by atoms with Gasteiger partial charge in [-0.25, -0.2) is 0 Å². The topological polar surface area (TPSA) is 41.3 Å². The van der Waals surface area contributed by atoms with Crippen molar-refractivity contribution in [1.29, 1.82) is 0 Å². The Morgan fingerprint density at radius 2 is 2.10 bits per heavy atom. The average molecular weight is 291 g/mol. The molecule has 2 fully saturated rings. The van der Waals surface area contributed by atoms with Gasteiger partial charge in [0.2, 0.25) is 0 Å². The smallest absolute Gasteiger partial charge is 0.297 e. The molecule has 0 amide bonds. The van der Waals surface area contributed by atoms with Gasteiger partial charge < -0.3 is 14.6 Å². The lowest BCUT2D eigenvalue weighted by Crippen LogP contribution is -2.34. The van der Waals surface area contributed by atoms with Crippen LogP contribution in [-0.2, 0) is 6.54 Å². The maximum absolute atomic E-state index is 5.77. The monoisotopic (exact) mass is 291 g/mol. The van der Waals surface area contributed by atoms with Crippen molar-refractivity contribution in [3.8, 4) is 0 Å². The molecule has 1 aromatic rings. The Kier molecular flexibility index (Phi) is 4.84. The van der Waals surface area contributed by atoms with Crippen molar-refractivity contribution < 1.29 is 4.42 Å². The first-order chi connectivity index (χ1) is 10.2. The minimum absolute atomic E-state index is 0.668. The molecule has 21 heavy (non-hydrogen) atoms. The SMILES string of the molecule is CC(C)CNCc1coc(N2CCCC2C2CCCC2)n1. The lowest BCUT2D eigenvalue weighted by atomic mass is 9.96. The predicted octanol–water partition coefficient (Wildman–Crippen LogP) is 3.58. The number of nitrogens with zero attached hydrogens (tertiary/aromatic N) is 2. The van der Waals surface area contributed by atoms with Crippen LogP contribution in [0.5, 0.6) is 0 Å². The zero-order valence-corrected chi connectivity index (χ0v) is 13.5. The third kappa shape index (κ3) is 3.60. The fourth-order valence-electron chi connectivity index (χ4n) is 3.86. The summed E-state index contributed by atoms with van der Waals surface area (Å²) in [5.74, 6) is 1.53. The highest BCUT2D eigenvalue weighted by Gasteiger charge is 2.35. The standard InChI is InChI=1S/C17H29N3O/c1-13(2)10-18-11-15-12-21-17(19-15)20-9-5-8-16(20)14-6-3-4-7-14/h12-14,16,18H,3-11H2,1-2H3. The Balaban J connectivity index is 1.59. The van der Waals surface area contributed by atoms with Gasteiger partial charge >= 0.3 is 0 Å². The second kappa shape index (κ2) is 6.82. The number of hydrogen-bond acceptors (Lipinski definition) is 4. The van der Waals surface area contributed by atoms with E-state index in [0.29, 0.717) is 12.0 Å². The molecule has 118 valence electrons. The quantitative estimate of drug-likeness (QED) is 0.870. The fraction of sp³-hybridized carbons (Fsp3) is 0.824. The highest BCUT2D eigenvalue weighted by atomic mass is 16.4. The summed E-state index contributed by atoms with van der Waals surface area (Å²) >= 11 is 0. The van der Waals surface area contributed by atoms with Gasteiger partial charge in [0.25, 0.3) is 6.01 Å². The first-order valence-electron chi connectivity index (χ1n) is 8.66. The Labute approximate surface area is 128 Å². The third-order valence-corrected chi connectivity index (χ3v) is 4.89. The molecular formula is C17H29N3O. The molecule has 1 saturated carbocycles. The minimum atomic E-state index is 0.668. The van der Waals surface area contributed by atoms with E-state index in [4.69, 9.17) is 9.40 Å². The third-order valence-electron chi connectivity index (χ3n) is 4.89. The predicted molar refractivity (Wildman–Crippen MR) is 85.4 cm³/mol. The van der Waals surface area contributed by atoms with Gasteiger partial charge in [0.15, 0.2) is 0 Å². The number of nitrogens with one attached hydrogen (secondary N) is 1. The van der Waals surface area contributed by atoms with Gasteiger partial charge in [-0.05, 0) is 44.1 Å².